The first kappa shape index (κ1) is 28.1. The summed E-state index contributed by atoms with van der Waals surface area (Å²) < 4.78 is 29.5. The number of methoxy groups -OCH3 is 1. The topological polar surface area (TPSA) is 58.2 Å². The van der Waals surface area contributed by atoms with Gasteiger partial charge in [-0.3, -0.25) is 0 Å². The van der Waals surface area contributed by atoms with Crippen LogP contribution < -0.4 is 14.8 Å². The Morgan fingerprint density at radius 1 is 0.881 bits per heavy atom. The highest BCUT2D eigenvalue weighted by molar-refractivity contribution is 5.89. The van der Waals surface area contributed by atoms with Gasteiger partial charge in [-0.05, 0) is 128 Å². The van der Waals surface area contributed by atoms with Crippen molar-refractivity contribution < 1.29 is 23.7 Å². The smallest absolute Gasteiger partial charge is 0.191 e. The first-order valence-electron chi connectivity index (χ1n) is 15.9. The molecule has 1 N–H and O–H groups in total. The number of hydrogen-bond acceptors (Lipinski definition) is 6. The van der Waals surface area contributed by atoms with Gasteiger partial charge in [-0.25, -0.2) is 0 Å². The Labute approximate surface area is 250 Å². The van der Waals surface area contributed by atoms with Gasteiger partial charge in [-0.1, -0.05) is 24.3 Å². The number of morpholine rings is 1. The van der Waals surface area contributed by atoms with Crippen molar-refractivity contribution in [1.29, 1.82) is 0 Å². The fraction of sp³-hybridized carbons (Fsp3) is 0.556. The summed E-state index contributed by atoms with van der Waals surface area (Å²) in [7, 11) is 1.66. The normalized spacial score (nSPS) is 29.9. The van der Waals surface area contributed by atoms with Gasteiger partial charge < -0.3 is 29.0 Å². The Kier molecular flexibility index (Phi) is 7.91. The van der Waals surface area contributed by atoms with E-state index >= 15 is 0 Å². The second-order valence-corrected chi connectivity index (χ2v) is 13.3. The summed E-state index contributed by atoms with van der Waals surface area (Å²) >= 11 is 0. The average Bonchev–Trinajstić information content (AvgIpc) is 3.00. The molecule has 1 aliphatic heterocycles. The van der Waals surface area contributed by atoms with E-state index in [1.54, 1.807) is 7.11 Å². The van der Waals surface area contributed by atoms with E-state index in [0.29, 0.717) is 0 Å². The second kappa shape index (κ2) is 11.8. The molecule has 4 saturated carbocycles. The van der Waals surface area contributed by atoms with Crippen molar-refractivity contribution in [2.75, 3.05) is 33.6 Å². The number of fused-ring (bicyclic) bond motifs is 1. The van der Waals surface area contributed by atoms with Crippen LogP contribution in [0, 0.1) is 17.8 Å². The third-order valence-electron chi connectivity index (χ3n) is 10.4. The van der Waals surface area contributed by atoms with Crippen LogP contribution in [-0.2, 0) is 19.6 Å². The van der Waals surface area contributed by atoms with Crippen molar-refractivity contribution >= 4 is 10.8 Å². The lowest BCUT2D eigenvalue weighted by atomic mass is 9.48. The Morgan fingerprint density at radius 2 is 1.60 bits per heavy atom. The lowest BCUT2D eigenvalue weighted by Crippen LogP contribution is -2.48. The summed E-state index contributed by atoms with van der Waals surface area (Å²) in [4.78, 5) is 0. The summed E-state index contributed by atoms with van der Waals surface area (Å²) in [5, 5.41) is 5.85. The Bertz CT molecular complexity index is 1350. The molecule has 0 amide bonds. The molecule has 1 heterocycles. The average molecular weight is 572 g/mol. The molecule has 4 bridgehead atoms. The molecule has 42 heavy (non-hydrogen) atoms. The van der Waals surface area contributed by atoms with E-state index in [9.17, 15) is 0 Å². The molecular formula is C36H45NO5. The van der Waals surface area contributed by atoms with Crippen LogP contribution in [0.25, 0.3) is 21.9 Å². The summed E-state index contributed by atoms with van der Waals surface area (Å²) in [6.45, 7) is 6.64. The standard InChI is InChI=1S/C36H45NO5/c1-23(35-21-37-10-11-39-35)42-32-8-6-28(7-9-32)29-4-5-30-17-34(41-22-40-24(2)38-3)33(16-31(30)15-29)36-18-25-12-26(19-36)14-27(13-25)20-36/h4-9,15-17,23-27,35,37H,10-14,18-22H2,1-3H3. The maximum Gasteiger partial charge on any atom is 0.191 e. The van der Waals surface area contributed by atoms with Gasteiger partial charge in [0.05, 0.1) is 6.61 Å². The van der Waals surface area contributed by atoms with Crippen LogP contribution in [0.15, 0.2) is 54.6 Å². The van der Waals surface area contributed by atoms with E-state index < -0.39 is 0 Å². The molecule has 0 spiro atoms. The fourth-order valence-electron chi connectivity index (χ4n) is 8.60. The molecule has 3 unspecified atom stereocenters. The SMILES string of the molecule is COC(C)OCOc1cc2ccc(-c3ccc(OC(C)C4CNCCO4)cc3)cc2cc1C12CC3CC(CC(C3)C1)C2. The van der Waals surface area contributed by atoms with Crippen molar-refractivity contribution in [3.05, 3.63) is 60.2 Å². The minimum Gasteiger partial charge on any atom is -0.488 e. The van der Waals surface area contributed by atoms with Crippen LogP contribution in [0.4, 0.5) is 0 Å². The van der Waals surface area contributed by atoms with E-state index in [1.165, 1.54) is 66.0 Å². The van der Waals surface area contributed by atoms with Gasteiger partial charge in [-0.2, -0.15) is 0 Å². The highest BCUT2D eigenvalue weighted by atomic mass is 16.7. The molecule has 3 aromatic carbocycles. The summed E-state index contributed by atoms with van der Waals surface area (Å²) in [5.41, 5.74) is 4.00. The molecule has 0 aromatic heterocycles. The summed E-state index contributed by atoms with van der Waals surface area (Å²) in [6, 6.07) is 19.9. The molecule has 6 heteroatoms. The van der Waals surface area contributed by atoms with E-state index in [4.69, 9.17) is 23.7 Å². The molecular weight excluding hydrogens is 526 g/mol. The van der Waals surface area contributed by atoms with Crippen LogP contribution in [0.3, 0.4) is 0 Å². The maximum atomic E-state index is 6.38. The van der Waals surface area contributed by atoms with Gasteiger partial charge in [0, 0.05) is 25.8 Å². The molecule has 6 nitrogen and oxygen atoms in total. The van der Waals surface area contributed by atoms with E-state index in [-0.39, 0.29) is 30.7 Å². The maximum absolute atomic E-state index is 6.38. The number of rotatable bonds is 10. The number of ether oxygens (including phenoxy) is 5. The lowest BCUT2D eigenvalue weighted by Gasteiger charge is -2.57. The number of nitrogens with one attached hydrogen (secondary N) is 1. The first-order chi connectivity index (χ1) is 20.5. The molecule has 4 aliphatic carbocycles. The minimum atomic E-state index is -0.298. The predicted molar refractivity (Wildman–Crippen MR) is 165 cm³/mol. The van der Waals surface area contributed by atoms with Crippen molar-refractivity contribution in [2.45, 2.75) is 76.3 Å². The predicted octanol–water partition coefficient (Wildman–Crippen LogP) is 7.08. The zero-order valence-electron chi connectivity index (χ0n) is 25.3. The van der Waals surface area contributed by atoms with Crippen LogP contribution in [0.5, 0.6) is 11.5 Å². The van der Waals surface area contributed by atoms with Crippen LogP contribution in [0.1, 0.15) is 57.9 Å². The highest BCUT2D eigenvalue weighted by Crippen LogP contribution is 2.62. The minimum absolute atomic E-state index is 0.00755. The van der Waals surface area contributed by atoms with E-state index in [2.05, 4.69) is 66.8 Å². The number of hydrogen-bond donors (Lipinski definition) is 1. The fourth-order valence-corrected chi connectivity index (χ4v) is 8.60. The third kappa shape index (κ3) is 5.67. The van der Waals surface area contributed by atoms with Crippen LogP contribution in [0.2, 0.25) is 0 Å². The molecule has 5 fully saturated rings. The van der Waals surface area contributed by atoms with E-state index in [0.717, 1.165) is 48.9 Å². The summed E-state index contributed by atoms with van der Waals surface area (Å²) in [5.74, 6) is 4.44. The van der Waals surface area contributed by atoms with Gasteiger partial charge in [0.2, 0.25) is 0 Å². The van der Waals surface area contributed by atoms with Gasteiger partial charge in [-0.15, -0.1) is 0 Å². The molecule has 5 aliphatic rings. The van der Waals surface area contributed by atoms with Gasteiger partial charge in [0.15, 0.2) is 13.1 Å². The monoisotopic (exact) mass is 571 g/mol. The first-order valence-corrected chi connectivity index (χ1v) is 15.9. The van der Waals surface area contributed by atoms with Crippen LogP contribution >= 0.6 is 0 Å². The molecule has 0 radical (unpaired) electrons. The largest absolute Gasteiger partial charge is 0.488 e. The third-order valence-corrected chi connectivity index (χ3v) is 10.4. The molecule has 3 atom stereocenters. The zero-order chi connectivity index (χ0) is 28.7. The van der Waals surface area contributed by atoms with E-state index in [1.807, 2.05) is 6.92 Å². The van der Waals surface area contributed by atoms with Crippen molar-refractivity contribution in [2.24, 2.45) is 17.8 Å². The Balaban J connectivity index is 1.16. The Morgan fingerprint density at radius 3 is 2.26 bits per heavy atom. The number of benzene rings is 3. The Hall–Kier alpha value is -2.64. The van der Waals surface area contributed by atoms with Crippen LogP contribution in [-0.4, -0.2) is 52.1 Å². The molecule has 224 valence electrons. The van der Waals surface area contributed by atoms with Gasteiger partial charge in [0.25, 0.3) is 0 Å². The molecule has 8 rings (SSSR count). The summed E-state index contributed by atoms with van der Waals surface area (Å²) in [6.07, 6.45) is 7.90. The second-order valence-electron chi connectivity index (χ2n) is 13.3. The quantitative estimate of drug-likeness (QED) is 0.263. The lowest BCUT2D eigenvalue weighted by molar-refractivity contribution is -0.150. The molecule has 1 saturated heterocycles. The zero-order valence-corrected chi connectivity index (χ0v) is 25.3. The van der Waals surface area contributed by atoms with Gasteiger partial charge >= 0.3 is 0 Å². The van der Waals surface area contributed by atoms with Crippen molar-refractivity contribution in [1.82, 2.24) is 5.32 Å². The van der Waals surface area contributed by atoms with Crippen molar-refractivity contribution in [3.63, 3.8) is 0 Å². The highest BCUT2D eigenvalue weighted by Gasteiger charge is 2.52. The van der Waals surface area contributed by atoms with Crippen molar-refractivity contribution in [3.8, 4) is 22.6 Å². The molecule has 3 aromatic rings. The van der Waals surface area contributed by atoms with Gasteiger partial charge in [0.1, 0.15) is 23.7 Å².